The van der Waals surface area contributed by atoms with Crippen molar-refractivity contribution in [1.82, 2.24) is 9.80 Å². The van der Waals surface area contributed by atoms with Crippen LogP contribution in [0.15, 0.2) is 18.2 Å². The van der Waals surface area contributed by atoms with E-state index in [-0.39, 0.29) is 11.9 Å². The van der Waals surface area contributed by atoms with Crippen LogP contribution in [0.25, 0.3) is 0 Å². The minimum absolute atomic E-state index is 0.267. The monoisotopic (exact) mass is 319 g/mol. The molecule has 0 aliphatic carbocycles. The molecule has 1 N–H and O–H groups in total. The fraction of sp³-hybridized carbons (Fsp3) is 0.611. The summed E-state index contributed by atoms with van der Waals surface area (Å²) in [5.41, 5.74) is 1.30. The Morgan fingerprint density at radius 1 is 1.43 bits per heavy atom. The van der Waals surface area contributed by atoms with Gasteiger partial charge in [0.05, 0.1) is 17.7 Å². The van der Waals surface area contributed by atoms with E-state index in [1.54, 1.807) is 6.07 Å². The van der Waals surface area contributed by atoms with E-state index in [0.717, 1.165) is 44.6 Å². The predicted octanol–water partition coefficient (Wildman–Crippen LogP) is 2.22. The first-order valence-electron chi connectivity index (χ1n) is 8.25. The number of β-amino-alcohol motifs (C(OH)–C–C–N with tert-alkyl or cyclic N) is 1. The molecule has 1 saturated heterocycles. The highest BCUT2D eigenvalue weighted by atomic mass is 19.1. The van der Waals surface area contributed by atoms with Gasteiger partial charge in [-0.15, -0.1) is 0 Å². The summed E-state index contributed by atoms with van der Waals surface area (Å²) in [4.78, 5) is 4.53. The summed E-state index contributed by atoms with van der Waals surface area (Å²) < 4.78 is 13.2. The molecule has 4 nitrogen and oxygen atoms in total. The van der Waals surface area contributed by atoms with Gasteiger partial charge in [-0.1, -0.05) is 6.07 Å². The van der Waals surface area contributed by atoms with Crippen LogP contribution in [-0.2, 0) is 6.54 Å². The van der Waals surface area contributed by atoms with Crippen molar-refractivity contribution in [2.24, 2.45) is 5.92 Å². The lowest BCUT2D eigenvalue weighted by Gasteiger charge is -2.34. The highest BCUT2D eigenvalue weighted by molar-refractivity contribution is 5.37. The van der Waals surface area contributed by atoms with Crippen molar-refractivity contribution in [3.05, 3.63) is 35.1 Å². The van der Waals surface area contributed by atoms with E-state index in [1.165, 1.54) is 12.1 Å². The fourth-order valence-corrected chi connectivity index (χ4v) is 3.31. The molecule has 2 rings (SSSR count). The molecule has 1 atom stereocenters. The summed E-state index contributed by atoms with van der Waals surface area (Å²) in [5.74, 6) is 0.273. The predicted molar refractivity (Wildman–Crippen MR) is 88.3 cm³/mol. The third kappa shape index (κ3) is 5.58. The molecule has 23 heavy (non-hydrogen) atoms. The topological polar surface area (TPSA) is 50.5 Å². The molecule has 5 heteroatoms. The summed E-state index contributed by atoms with van der Waals surface area (Å²) in [5, 5.41) is 18.6. The van der Waals surface area contributed by atoms with E-state index >= 15 is 0 Å². The number of aliphatic hydroxyl groups is 1. The van der Waals surface area contributed by atoms with Gasteiger partial charge >= 0.3 is 0 Å². The SMILES string of the molecule is C[C@H](O)CN1CCC(CN(C)Cc2ccc(F)cc2C#N)CC1. The van der Waals surface area contributed by atoms with E-state index < -0.39 is 0 Å². The zero-order valence-corrected chi connectivity index (χ0v) is 14.0. The maximum absolute atomic E-state index is 13.2. The summed E-state index contributed by atoms with van der Waals surface area (Å²) in [6, 6.07) is 6.49. The van der Waals surface area contributed by atoms with Crippen LogP contribution in [0.4, 0.5) is 4.39 Å². The first-order valence-corrected chi connectivity index (χ1v) is 8.25. The fourth-order valence-electron chi connectivity index (χ4n) is 3.31. The van der Waals surface area contributed by atoms with Crippen LogP contribution >= 0.6 is 0 Å². The summed E-state index contributed by atoms with van der Waals surface area (Å²) in [6.07, 6.45) is 1.99. The lowest BCUT2D eigenvalue weighted by molar-refractivity contribution is 0.0919. The number of hydrogen-bond acceptors (Lipinski definition) is 4. The van der Waals surface area contributed by atoms with Gasteiger partial charge in [0.25, 0.3) is 0 Å². The normalized spacial score (nSPS) is 18.1. The Morgan fingerprint density at radius 3 is 2.74 bits per heavy atom. The van der Waals surface area contributed by atoms with Gasteiger partial charge in [-0.3, -0.25) is 0 Å². The van der Waals surface area contributed by atoms with E-state index in [0.29, 0.717) is 18.0 Å². The molecule has 1 aliphatic rings. The standard InChI is InChI=1S/C18H26FN3O/c1-14(23)11-22-7-5-15(6-8-22)12-21(2)13-16-3-4-18(19)9-17(16)10-20/h3-4,9,14-15,23H,5-8,11-13H2,1-2H3/t14-/m0/s1. The second-order valence-electron chi connectivity index (χ2n) is 6.70. The molecule has 1 aromatic carbocycles. The van der Waals surface area contributed by atoms with Crippen LogP contribution in [0.5, 0.6) is 0 Å². The van der Waals surface area contributed by atoms with E-state index in [4.69, 9.17) is 5.26 Å². The molecule has 0 aromatic heterocycles. The molecular formula is C18H26FN3O. The molecule has 0 saturated carbocycles. The largest absolute Gasteiger partial charge is 0.392 e. The molecule has 1 aromatic rings. The van der Waals surface area contributed by atoms with Gasteiger partial charge < -0.3 is 14.9 Å². The van der Waals surface area contributed by atoms with Gasteiger partial charge in [0.2, 0.25) is 0 Å². The Balaban J connectivity index is 1.82. The van der Waals surface area contributed by atoms with Gasteiger partial charge in [-0.25, -0.2) is 4.39 Å². The van der Waals surface area contributed by atoms with Gasteiger partial charge in [0.15, 0.2) is 0 Å². The molecule has 0 spiro atoms. The highest BCUT2D eigenvalue weighted by Gasteiger charge is 2.21. The van der Waals surface area contributed by atoms with Crippen LogP contribution < -0.4 is 0 Å². The van der Waals surface area contributed by atoms with Crippen molar-refractivity contribution >= 4 is 0 Å². The van der Waals surface area contributed by atoms with Crippen molar-refractivity contribution in [2.45, 2.75) is 32.4 Å². The average molecular weight is 319 g/mol. The molecule has 0 unspecified atom stereocenters. The average Bonchev–Trinajstić information content (AvgIpc) is 2.50. The van der Waals surface area contributed by atoms with Gasteiger partial charge in [-0.2, -0.15) is 5.26 Å². The Kier molecular flexibility index (Phi) is 6.52. The van der Waals surface area contributed by atoms with Gasteiger partial charge in [-0.05, 0) is 63.5 Å². The molecule has 1 aliphatic heterocycles. The minimum Gasteiger partial charge on any atom is -0.392 e. The number of halogens is 1. The highest BCUT2D eigenvalue weighted by Crippen LogP contribution is 2.20. The number of benzene rings is 1. The lowest BCUT2D eigenvalue weighted by Crippen LogP contribution is -2.40. The van der Waals surface area contributed by atoms with Crippen LogP contribution in [0.2, 0.25) is 0 Å². The number of nitrogens with zero attached hydrogens (tertiary/aromatic N) is 3. The van der Waals surface area contributed by atoms with E-state index in [2.05, 4.69) is 15.9 Å². The van der Waals surface area contributed by atoms with Crippen molar-refractivity contribution in [2.75, 3.05) is 33.2 Å². The van der Waals surface area contributed by atoms with E-state index in [1.807, 2.05) is 14.0 Å². The number of likely N-dealkylation sites (tertiary alicyclic amines) is 1. The molecule has 1 heterocycles. The maximum Gasteiger partial charge on any atom is 0.124 e. The van der Waals surface area contributed by atoms with Crippen LogP contribution in [0.1, 0.15) is 30.9 Å². The van der Waals surface area contributed by atoms with Gasteiger partial charge in [0, 0.05) is 19.6 Å². The number of aliphatic hydroxyl groups excluding tert-OH is 1. The number of piperidine rings is 1. The first-order chi connectivity index (χ1) is 11.0. The second kappa shape index (κ2) is 8.39. The third-order valence-electron chi connectivity index (χ3n) is 4.43. The number of rotatable bonds is 6. The van der Waals surface area contributed by atoms with Crippen molar-refractivity contribution in [1.29, 1.82) is 5.26 Å². The summed E-state index contributed by atoms with van der Waals surface area (Å²) in [6.45, 7) is 6.29. The number of nitriles is 1. The zero-order chi connectivity index (χ0) is 16.8. The molecule has 0 bridgehead atoms. The molecule has 0 amide bonds. The molecule has 0 radical (unpaired) electrons. The molecular weight excluding hydrogens is 293 g/mol. The van der Waals surface area contributed by atoms with E-state index in [9.17, 15) is 9.50 Å². The lowest BCUT2D eigenvalue weighted by atomic mass is 9.95. The number of hydrogen-bond donors (Lipinski definition) is 1. The Morgan fingerprint density at radius 2 is 2.13 bits per heavy atom. The van der Waals surface area contributed by atoms with Gasteiger partial charge in [0.1, 0.15) is 5.82 Å². The Hall–Kier alpha value is -1.48. The maximum atomic E-state index is 13.2. The summed E-state index contributed by atoms with van der Waals surface area (Å²) in [7, 11) is 2.05. The van der Waals surface area contributed by atoms with Crippen molar-refractivity contribution in [3.8, 4) is 6.07 Å². The van der Waals surface area contributed by atoms with Crippen molar-refractivity contribution < 1.29 is 9.50 Å². The quantitative estimate of drug-likeness (QED) is 0.873. The van der Waals surface area contributed by atoms with Crippen LogP contribution in [-0.4, -0.2) is 54.2 Å². The van der Waals surface area contributed by atoms with Crippen LogP contribution in [0, 0.1) is 23.1 Å². The molecule has 1 fully saturated rings. The minimum atomic E-state index is -0.363. The summed E-state index contributed by atoms with van der Waals surface area (Å²) >= 11 is 0. The zero-order valence-electron chi connectivity index (χ0n) is 14.0. The third-order valence-corrected chi connectivity index (χ3v) is 4.43. The smallest absolute Gasteiger partial charge is 0.124 e. The Bertz CT molecular complexity index is 548. The second-order valence-corrected chi connectivity index (χ2v) is 6.70. The van der Waals surface area contributed by atoms with Crippen molar-refractivity contribution in [3.63, 3.8) is 0 Å². The molecule has 126 valence electrons. The first kappa shape index (κ1) is 17.9. The van der Waals surface area contributed by atoms with Crippen LogP contribution in [0.3, 0.4) is 0 Å². The Labute approximate surface area is 138 Å².